The molecule has 0 aliphatic heterocycles. The molecule has 0 fully saturated rings. The molecule has 0 aliphatic carbocycles. The molecule has 0 atom stereocenters. The molecule has 0 aliphatic rings. The molecule has 1 heterocycles. The number of esters is 1. The molecule has 1 amide bonds. The second kappa shape index (κ2) is 9.34. The summed E-state index contributed by atoms with van der Waals surface area (Å²) in [5.41, 5.74) is 0.869. The smallest absolute Gasteiger partial charge is 0.306 e. The molecule has 1 N–H and O–H groups in total. The molecule has 0 bridgehead atoms. The largest absolute Gasteiger partial charge is 0.457 e. The molecule has 0 unspecified atom stereocenters. The van der Waals surface area contributed by atoms with Crippen LogP contribution < -0.4 is 5.32 Å². The summed E-state index contributed by atoms with van der Waals surface area (Å²) in [7, 11) is 0. The number of halogens is 1. The third-order valence-electron chi connectivity index (χ3n) is 3.37. The van der Waals surface area contributed by atoms with E-state index >= 15 is 0 Å². The Balaban J connectivity index is 1.76. The van der Waals surface area contributed by atoms with Crippen molar-refractivity contribution in [3.8, 4) is 0 Å². The van der Waals surface area contributed by atoms with Gasteiger partial charge in [-0.3, -0.25) is 14.4 Å². The minimum Gasteiger partial charge on any atom is -0.457 e. The van der Waals surface area contributed by atoms with Crippen LogP contribution >= 0.6 is 22.9 Å². The van der Waals surface area contributed by atoms with Gasteiger partial charge in [0.25, 0.3) is 0 Å². The number of rotatable bonds is 8. The lowest BCUT2D eigenvalue weighted by molar-refractivity contribution is -0.142. The molecular weight excluding hydrogens is 362 g/mol. The highest BCUT2D eigenvalue weighted by atomic mass is 35.5. The summed E-state index contributed by atoms with van der Waals surface area (Å²) in [5.74, 6) is -0.831. The molecule has 1 aromatic carbocycles. The van der Waals surface area contributed by atoms with Gasteiger partial charge in [-0.25, -0.2) is 0 Å². The zero-order valence-corrected chi connectivity index (χ0v) is 15.3. The minimum atomic E-state index is -0.441. The predicted molar refractivity (Wildman–Crippen MR) is 96.9 cm³/mol. The molecule has 0 saturated heterocycles. The van der Waals surface area contributed by atoms with Gasteiger partial charge in [0.2, 0.25) is 11.7 Å². The van der Waals surface area contributed by atoms with Crippen molar-refractivity contribution in [2.45, 2.75) is 26.3 Å². The van der Waals surface area contributed by atoms with E-state index in [4.69, 9.17) is 16.3 Å². The summed E-state index contributed by atoms with van der Waals surface area (Å²) >= 11 is 7.31. The molecule has 7 heteroatoms. The van der Waals surface area contributed by atoms with Crippen LogP contribution in [0, 0.1) is 0 Å². The van der Waals surface area contributed by atoms with Crippen molar-refractivity contribution >= 4 is 40.6 Å². The number of amides is 1. The van der Waals surface area contributed by atoms with E-state index in [1.165, 1.54) is 18.3 Å². The van der Waals surface area contributed by atoms with E-state index in [-0.39, 0.29) is 24.7 Å². The highest BCUT2D eigenvalue weighted by Gasteiger charge is 2.13. The Labute approximate surface area is 154 Å². The van der Waals surface area contributed by atoms with Crippen LogP contribution in [0.5, 0.6) is 0 Å². The van der Waals surface area contributed by atoms with Crippen molar-refractivity contribution < 1.29 is 19.1 Å². The Morgan fingerprint density at radius 3 is 2.64 bits per heavy atom. The quantitative estimate of drug-likeness (QED) is 0.563. The summed E-state index contributed by atoms with van der Waals surface area (Å²) in [6.45, 7) is 1.52. The summed E-state index contributed by atoms with van der Waals surface area (Å²) < 4.78 is 5.03. The first-order valence-electron chi connectivity index (χ1n) is 7.71. The third-order valence-corrected chi connectivity index (χ3v) is 4.86. The van der Waals surface area contributed by atoms with Gasteiger partial charge in [-0.15, -0.1) is 11.3 Å². The molecule has 0 saturated carbocycles. The van der Waals surface area contributed by atoms with Gasteiger partial charge in [-0.2, -0.15) is 0 Å². The molecular formula is C18H18ClNO4S. The number of hydrogen-bond donors (Lipinski definition) is 1. The van der Waals surface area contributed by atoms with Gasteiger partial charge in [0.15, 0.2) is 6.61 Å². The first-order valence-corrected chi connectivity index (χ1v) is 8.90. The number of ether oxygens (including phenoxy) is 1. The van der Waals surface area contributed by atoms with E-state index in [0.29, 0.717) is 22.9 Å². The summed E-state index contributed by atoms with van der Waals surface area (Å²) in [5, 5.41) is 3.27. The van der Waals surface area contributed by atoms with Crippen LogP contribution in [0.1, 0.15) is 33.5 Å². The van der Waals surface area contributed by atoms with Gasteiger partial charge in [0.05, 0.1) is 11.4 Å². The maximum Gasteiger partial charge on any atom is 0.306 e. The van der Waals surface area contributed by atoms with Crippen LogP contribution in [0.15, 0.2) is 36.4 Å². The van der Waals surface area contributed by atoms with Gasteiger partial charge in [-0.1, -0.05) is 29.8 Å². The molecule has 132 valence electrons. The predicted octanol–water partition coefficient (Wildman–Crippen LogP) is 3.40. The lowest BCUT2D eigenvalue weighted by Crippen LogP contribution is -2.18. The molecule has 2 rings (SSSR count). The maximum absolute atomic E-state index is 12.1. The zero-order chi connectivity index (χ0) is 18.2. The molecule has 0 radical (unpaired) electrons. The standard InChI is InChI=1S/C18H18ClNO4S/c1-12(21)20-10-14-7-8-17(25-14)16(22)11-24-18(23)9-6-13-4-2-3-5-15(13)19/h2-5,7-8H,6,9-11H2,1H3,(H,20,21). The van der Waals surface area contributed by atoms with Gasteiger partial charge in [0, 0.05) is 23.2 Å². The average Bonchev–Trinajstić information content (AvgIpc) is 3.06. The van der Waals surface area contributed by atoms with Crippen molar-refractivity contribution in [2.24, 2.45) is 0 Å². The van der Waals surface area contributed by atoms with Crippen LogP contribution in [-0.2, 0) is 27.3 Å². The molecule has 1 aromatic heterocycles. The Kier molecular flexibility index (Phi) is 7.16. The van der Waals surface area contributed by atoms with E-state index in [0.717, 1.165) is 10.4 Å². The van der Waals surface area contributed by atoms with Crippen LogP contribution in [-0.4, -0.2) is 24.3 Å². The first kappa shape index (κ1) is 19.1. The van der Waals surface area contributed by atoms with Crippen LogP contribution in [0.25, 0.3) is 0 Å². The van der Waals surface area contributed by atoms with E-state index in [1.54, 1.807) is 18.2 Å². The third kappa shape index (κ3) is 6.32. The number of ketones is 1. The summed E-state index contributed by atoms with van der Waals surface area (Å²) in [6, 6.07) is 10.7. The lowest BCUT2D eigenvalue weighted by atomic mass is 10.1. The number of thiophene rings is 1. The highest BCUT2D eigenvalue weighted by Crippen LogP contribution is 2.18. The Hall–Kier alpha value is -2.18. The van der Waals surface area contributed by atoms with Gasteiger partial charge in [0.1, 0.15) is 0 Å². The monoisotopic (exact) mass is 379 g/mol. The van der Waals surface area contributed by atoms with Crippen LogP contribution in [0.3, 0.4) is 0 Å². The van der Waals surface area contributed by atoms with Crippen molar-refractivity contribution in [3.05, 3.63) is 56.7 Å². The number of aryl methyl sites for hydroxylation is 1. The Morgan fingerprint density at radius 1 is 1.16 bits per heavy atom. The number of carbonyl (C=O) groups excluding carboxylic acids is 3. The zero-order valence-electron chi connectivity index (χ0n) is 13.7. The molecule has 25 heavy (non-hydrogen) atoms. The van der Waals surface area contributed by atoms with Gasteiger partial charge < -0.3 is 10.1 Å². The number of carbonyl (C=O) groups is 3. The van der Waals surface area contributed by atoms with Crippen LogP contribution in [0.4, 0.5) is 0 Å². The minimum absolute atomic E-state index is 0.131. The molecule has 2 aromatic rings. The lowest BCUT2D eigenvalue weighted by Gasteiger charge is -2.05. The molecule has 5 nitrogen and oxygen atoms in total. The second-order valence-corrected chi connectivity index (χ2v) is 6.93. The number of benzene rings is 1. The van der Waals surface area contributed by atoms with Crippen molar-refractivity contribution in [1.82, 2.24) is 5.32 Å². The number of nitrogens with one attached hydrogen (secondary N) is 1. The fourth-order valence-corrected chi connectivity index (χ4v) is 3.16. The summed E-state index contributed by atoms with van der Waals surface area (Å²) in [6.07, 6.45) is 0.627. The van der Waals surface area contributed by atoms with Crippen molar-refractivity contribution in [1.29, 1.82) is 0 Å². The van der Waals surface area contributed by atoms with Gasteiger partial charge in [-0.05, 0) is 30.2 Å². The topological polar surface area (TPSA) is 72.5 Å². The van der Waals surface area contributed by atoms with E-state index in [1.807, 2.05) is 18.2 Å². The number of Topliss-reactive ketones (excluding diaryl/α,β-unsaturated/α-hetero) is 1. The van der Waals surface area contributed by atoms with Crippen molar-refractivity contribution in [2.75, 3.05) is 6.61 Å². The van der Waals surface area contributed by atoms with Crippen LogP contribution in [0.2, 0.25) is 5.02 Å². The van der Waals surface area contributed by atoms with E-state index < -0.39 is 5.97 Å². The highest BCUT2D eigenvalue weighted by molar-refractivity contribution is 7.14. The van der Waals surface area contributed by atoms with Gasteiger partial charge >= 0.3 is 5.97 Å². The SMILES string of the molecule is CC(=O)NCc1ccc(C(=O)COC(=O)CCc2ccccc2Cl)s1. The van der Waals surface area contributed by atoms with E-state index in [2.05, 4.69) is 5.32 Å². The van der Waals surface area contributed by atoms with Crippen molar-refractivity contribution in [3.63, 3.8) is 0 Å². The maximum atomic E-state index is 12.1. The average molecular weight is 380 g/mol. The second-order valence-electron chi connectivity index (χ2n) is 5.35. The fourth-order valence-electron chi connectivity index (χ4n) is 2.06. The summed E-state index contributed by atoms with van der Waals surface area (Å²) in [4.78, 5) is 36.1. The normalized spacial score (nSPS) is 10.3. The van der Waals surface area contributed by atoms with E-state index in [9.17, 15) is 14.4 Å². The first-order chi connectivity index (χ1) is 12.0. The molecule has 0 spiro atoms. The Bertz CT molecular complexity index is 772. The fraction of sp³-hybridized carbons (Fsp3) is 0.278. The Morgan fingerprint density at radius 2 is 1.92 bits per heavy atom. The number of hydrogen-bond acceptors (Lipinski definition) is 5.